The number of amides is 2. The molecule has 1 saturated heterocycles. The van der Waals surface area contributed by atoms with E-state index < -0.39 is 0 Å². The van der Waals surface area contributed by atoms with Crippen molar-refractivity contribution < 1.29 is 14.3 Å². The summed E-state index contributed by atoms with van der Waals surface area (Å²) in [5.41, 5.74) is 1.38. The monoisotopic (exact) mass is 264 g/mol. The quantitative estimate of drug-likeness (QED) is 0.745. The van der Waals surface area contributed by atoms with E-state index in [2.05, 4.69) is 17.9 Å². The predicted molar refractivity (Wildman–Crippen MR) is 70.3 cm³/mol. The van der Waals surface area contributed by atoms with Crippen LogP contribution in [0.5, 0.6) is 5.75 Å². The highest BCUT2D eigenvalue weighted by Crippen LogP contribution is 2.33. The molecule has 0 radical (unpaired) electrons. The van der Waals surface area contributed by atoms with Crippen LogP contribution in [0.15, 0.2) is 18.2 Å². The number of carbonyl (C=O) groups is 2. The molecule has 1 fully saturated rings. The second kappa shape index (κ2) is 4.20. The SMILES string of the molecule is O=C1COc2ccc(N3CC(S)CC3=O)cc2N1. The number of nitrogens with one attached hydrogen (secondary N) is 1. The average molecular weight is 264 g/mol. The molecule has 0 aromatic heterocycles. The first kappa shape index (κ1) is 11.4. The largest absolute Gasteiger partial charge is 0.482 e. The molecule has 2 aliphatic heterocycles. The van der Waals surface area contributed by atoms with Crippen molar-refractivity contribution in [2.75, 3.05) is 23.4 Å². The van der Waals surface area contributed by atoms with E-state index in [1.807, 2.05) is 6.07 Å². The number of fused-ring (bicyclic) bond motifs is 1. The molecule has 3 rings (SSSR count). The van der Waals surface area contributed by atoms with Crippen LogP contribution in [0.3, 0.4) is 0 Å². The Morgan fingerprint density at radius 1 is 1.39 bits per heavy atom. The van der Waals surface area contributed by atoms with Gasteiger partial charge in [0.1, 0.15) is 5.75 Å². The molecule has 2 aliphatic rings. The molecule has 18 heavy (non-hydrogen) atoms. The van der Waals surface area contributed by atoms with Crippen molar-refractivity contribution in [3.63, 3.8) is 0 Å². The van der Waals surface area contributed by atoms with Crippen LogP contribution in [0.1, 0.15) is 6.42 Å². The summed E-state index contributed by atoms with van der Waals surface area (Å²) in [6.07, 6.45) is 0.447. The molecular weight excluding hydrogens is 252 g/mol. The zero-order valence-corrected chi connectivity index (χ0v) is 10.4. The summed E-state index contributed by atoms with van der Waals surface area (Å²) in [7, 11) is 0. The first-order valence-electron chi connectivity index (χ1n) is 5.68. The molecule has 1 N–H and O–H groups in total. The van der Waals surface area contributed by atoms with Gasteiger partial charge in [0, 0.05) is 23.9 Å². The van der Waals surface area contributed by atoms with Gasteiger partial charge in [-0.05, 0) is 18.2 Å². The molecule has 6 heteroatoms. The fourth-order valence-electron chi connectivity index (χ4n) is 2.18. The summed E-state index contributed by atoms with van der Waals surface area (Å²) in [6, 6.07) is 5.35. The van der Waals surface area contributed by atoms with E-state index in [4.69, 9.17) is 4.74 Å². The van der Waals surface area contributed by atoms with Crippen molar-refractivity contribution in [2.45, 2.75) is 11.7 Å². The van der Waals surface area contributed by atoms with Gasteiger partial charge in [-0.15, -0.1) is 0 Å². The smallest absolute Gasteiger partial charge is 0.262 e. The predicted octanol–water partition coefficient (Wildman–Crippen LogP) is 1.05. The lowest BCUT2D eigenvalue weighted by atomic mass is 10.2. The third-order valence-electron chi connectivity index (χ3n) is 3.01. The molecule has 1 atom stereocenters. The molecular formula is C12H12N2O3S. The molecule has 0 bridgehead atoms. The van der Waals surface area contributed by atoms with Gasteiger partial charge in [-0.25, -0.2) is 0 Å². The third-order valence-corrected chi connectivity index (χ3v) is 3.36. The summed E-state index contributed by atoms with van der Waals surface area (Å²) in [6.45, 7) is 0.628. The van der Waals surface area contributed by atoms with Crippen LogP contribution in [0, 0.1) is 0 Å². The van der Waals surface area contributed by atoms with Crippen molar-refractivity contribution in [3.05, 3.63) is 18.2 Å². The summed E-state index contributed by atoms with van der Waals surface area (Å²) >= 11 is 4.32. The Bertz CT molecular complexity index is 532. The second-order valence-electron chi connectivity index (χ2n) is 4.38. The number of rotatable bonds is 1. The molecule has 0 aliphatic carbocycles. The molecule has 1 aromatic rings. The van der Waals surface area contributed by atoms with Gasteiger partial charge in [0.15, 0.2) is 6.61 Å². The van der Waals surface area contributed by atoms with Gasteiger partial charge in [-0.3, -0.25) is 9.59 Å². The van der Waals surface area contributed by atoms with E-state index in [9.17, 15) is 9.59 Å². The minimum atomic E-state index is -0.181. The highest BCUT2D eigenvalue weighted by atomic mass is 32.1. The van der Waals surface area contributed by atoms with Crippen molar-refractivity contribution in [1.29, 1.82) is 0 Å². The van der Waals surface area contributed by atoms with E-state index >= 15 is 0 Å². The summed E-state index contributed by atoms with van der Waals surface area (Å²) < 4.78 is 5.27. The maximum Gasteiger partial charge on any atom is 0.262 e. The Labute approximate surface area is 110 Å². The Morgan fingerprint density at radius 2 is 2.22 bits per heavy atom. The first-order valence-corrected chi connectivity index (χ1v) is 6.20. The molecule has 5 nitrogen and oxygen atoms in total. The van der Waals surface area contributed by atoms with E-state index in [1.165, 1.54) is 0 Å². The van der Waals surface area contributed by atoms with E-state index in [0.717, 1.165) is 5.69 Å². The number of ether oxygens (including phenoxy) is 1. The second-order valence-corrected chi connectivity index (χ2v) is 5.11. The van der Waals surface area contributed by atoms with Crippen LogP contribution in [-0.2, 0) is 9.59 Å². The number of nitrogens with zero attached hydrogens (tertiary/aromatic N) is 1. The van der Waals surface area contributed by atoms with Gasteiger partial charge in [0.25, 0.3) is 5.91 Å². The zero-order chi connectivity index (χ0) is 12.7. The number of hydrogen-bond acceptors (Lipinski definition) is 4. The molecule has 1 aromatic carbocycles. The molecule has 2 heterocycles. The zero-order valence-electron chi connectivity index (χ0n) is 9.55. The van der Waals surface area contributed by atoms with Gasteiger partial charge < -0.3 is 15.0 Å². The van der Waals surface area contributed by atoms with Gasteiger partial charge in [-0.2, -0.15) is 12.6 Å². The lowest BCUT2D eigenvalue weighted by Gasteiger charge is -2.21. The van der Waals surface area contributed by atoms with Crippen LogP contribution >= 0.6 is 12.6 Å². The van der Waals surface area contributed by atoms with Crippen molar-refractivity contribution in [1.82, 2.24) is 0 Å². The lowest BCUT2D eigenvalue weighted by molar-refractivity contribution is -0.118. The maximum atomic E-state index is 11.8. The van der Waals surface area contributed by atoms with Gasteiger partial charge >= 0.3 is 0 Å². The third kappa shape index (κ3) is 1.92. The fraction of sp³-hybridized carbons (Fsp3) is 0.333. The maximum absolute atomic E-state index is 11.8. The van der Waals surface area contributed by atoms with E-state index in [-0.39, 0.29) is 23.7 Å². The lowest BCUT2D eigenvalue weighted by Crippen LogP contribution is -2.27. The summed E-state index contributed by atoms with van der Waals surface area (Å²) in [4.78, 5) is 24.7. The first-order chi connectivity index (χ1) is 8.63. The topological polar surface area (TPSA) is 58.6 Å². The Morgan fingerprint density at radius 3 is 2.94 bits per heavy atom. The minimum absolute atomic E-state index is 0.0354. The van der Waals surface area contributed by atoms with Gasteiger partial charge in [0.05, 0.1) is 5.69 Å². The number of hydrogen-bond donors (Lipinski definition) is 2. The molecule has 0 saturated carbocycles. The van der Waals surface area contributed by atoms with Gasteiger partial charge in [-0.1, -0.05) is 0 Å². The van der Waals surface area contributed by atoms with E-state index in [1.54, 1.807) is 17.0 Å². The van der Waals surface area contributed by atoms with Crippen LogP contribution in [0.4, 0.5) is 11.4 Å². The van der Waals surface area contributed by atoms with Crippen LogP contribution in [-0.4, -0.2) is 30.2 Å². The van der Waals surface area contributed by atoms with Gasteiger partial charge in [0.2, 0.25) is 5.91 Å². The van der Waals surface area contributed by atoms with Crippen LogP contribution < -0.4 is 15.0 Å². The standard InChI is InChI=1S/C12H12N2O3S/c15-11-6-17-10-2-1-7(3-9(10)13-11)14-5-8(18)4-12(14)16/h1-3,8,18H,4-6H2,(H,13,15). The van der Waals surface area contributed by atoms with Crippen LogP contribution in [0.2, 0.25) is 0 Å². The Hall–Kier alpha value is -1.69. The van der Waals surface area contributed by atoms with Crippen molar-refractivity contribution in [2.24, 2.45) is 0 Å². The average Bonchev–Trinajstić information content (AvgIpc) is 2.67. The summed E-state index contributed by atoms with van der Waals surface area (Å²) in [5, 5.41) is 2.80. The molecule has 1 unspecified atom stereocenters. The highest BCUT2D eigenvalue weighted by Gasteiger charge is 2.29. The van der Waals surface area contributed by atoms with Crippen LogP contribution in [0.25, 0.3) is 0 Å². The minimum Gasteiger partial charge on any atom is -0.482 e. The number of carbonyl (C=O) groups excluding carboxylic acids is 2. The fourth-order valence-corrected chi connectivity index (χ4v) is 2.50. The Balaban J connectivity index is 1.92. The van der Waals surface area contributed by atoms with Crippen molar-refractivity contribution in [3.8, 4) is 5.75 Å². The Kier molecular flexibility index (Phi) is 2.66. The number of thiol groups is 1. The molecule has 0 spiro atoms. The van der Waals surface area contributed by atoms with E-state index in [0.29, 0.717) is 24.4 Å². The normalized spacial score (nSPS) is 22.5. The highest BCUT2D eigenvalue weighted by molar-refractivity contribution is 7.81. The summed E-state index contributed by atoms with van der Waals surface area (Å²) in [5.74, 6) is 0.505. The number of anilines is 2. The van der Waals surface area contributed by atoms with Crippen molar-refractivity contribution >= 4 is 35.8 Å². The number of benzene rings is 1. The molecule has 94 valence electrons. The molecule has 2 amide bonds.